The van der Waals surface area contributed by atoms with Gasteiger partial charge in [0.1, 0.15) is 5.58 Å². The number of amides is 1. The number of hydrogen-bond acceptors (Lipinski definition) is 4. The van der Waals surface area contributed by atoms with E-state index in [4.69, 9.17) is 9.40 Å². The molecule has 0 saturated heterocycles. The first-order valence-electron chi connectivity index (χ1n) is 9.80. The van der Waals surface area contributed by atoms with E-state index in [9.17, 15) is 4.79 Å². The highest BCUT2D eigenvalue weighted by molar-refractivity contribution is 7.22. The SMILES string of the molecule is Cc1cc(C)c2sc(N(Cc3ccccc3)C(=O)c3cc4ccccc4o3)nc2c1. The molecule has 1 amide bonds. The summed E-state index contributed by atoms with van der Waals surface area (Å²) in [5, 5.41) is 1.59. The second kappa shape index (κ2) is 7.43. The Morgan fingerprint density at radius 3 is 2.57 bits per heavy atom. The van der Waals surface area contributed by atoms with Crippen LogP contribution in [0.1, 0.15) is 27.2 Å². The highest BCUT2D eigenvalue weighted by Gasteiger charge is 2.25. The van der Waals surface area contributed by atoms with Crippen LogP contribution in [0.4, 0.5) is 5.13 Å². The average Bonchev–Trinajstić information content (AvgIpc) is 3.36. The minimum atomic E-state index is -0.191. The van der Waals surface area contributed by atoms with Crippen LogP contribution in [0.2, 0.25) is 0 Å². The van der Waals surface area contributed by atoms with E-state index < -0.39 is 0 Å². The molecule has 0 saturated carbocycles. The molecule has 5 heteroatoms. The summed E-state index contributed by atoms with van der Waals surface area (Å²) < 4.78 is 6.98. The van der Waals surface area contributed by atoms with E-state index in [1.807, 2.05) is 54.6 Å². The predicted octanol–water partition coefficient (Wildman–Crippen LogP) is 6.51. The third-order valence-electron chi connectivity index (χ3n) is 5.10. The molecule has 0 atom stereocenters. The smallest absolute Gasteiger partial charge is 0.296 e. The van der Waals surface area contributed by atoms with Gasteiger partial charge in [0.15, 0.2) is 10.9 Å². The Bertz CT molecular complexity index is 1340. The largest absolute Gasteiger partial charge is 0.451 e. The van der Waals surface area contributed by atoms with Crippen molar-refractivity contribution in [3.8, 4) is 0 Å². The lowest BCUT2D eigenvalue weighted by Crippen LogP contribution is -2.30. The third-order valence-corrected chi connectivity index (χ3v) is 6.33. The predicted molar refractivity (Wildman–Crippen MR) is 122 cm³/mol. The fourth-order valence-corrected chi connectivity index (χ4v) is 4.71. The van der Waals surface area contributed by atoms with Gasteiger partial charge in [0, 0.05) is 5.39 Å². The summed E-state index contributed by atoms with van der Waals surface area (Å²) in [6.07, 6.45) is 0. The molecule has 3 aromatic carbocycles. The molecular weight excluding hydrogens is 392 g/mol. The maximum Gasteiger partial charge on any atom is 0.296 e. The molecule has 4 nitrogen and oxygen atoms in total. The van der Waals surface area contributed by atoms with Gasteiger partial charge in [-0.25, -0.2) is 4.98 Å². The van der Waals surface area contributed by atoms with Crippen LogP contribution in [0.3, 0.4) is 0 Å². The van der Waals surface area contributed by atoms with E-state index in [2.05, 4.69) is 26.0 Å². The Kier molecular flexibility index (Phi) is 4.60. The van der Waals surface area contributed by atoms with Crippen molar-refractivity contribution in [3.63, 3.8) is 0 Å². The van der Waals surface area contributed by atoms with E-state index in [1.165, 1.54) is 5.56 Å². The number of hydrogen-bond donors (Lipinski definition) is 0. The fourth-order valence-electron chi connectivity index (χ4n) is 3.69. The first-order valence-corrected chi connectivity index (χ1v) is 10.6. The quantitative estimate of drug-likeness (QED) is 0.338. The maximum atomic E-state index is 13.5. The van der Waals surface area contributed by atoms with Crippen LogP contribution in [0.15, 0.2) is 77.2 Å². The number of rotatable bonds is 4. The molecule has 148 valence electrons. The Hall–Kier alpha value is -3.44. The minimum Gasteiger partial charge on any atom is -0.451 e. The molecule has 0 spiro atoms. The lowest BCUT2D eigenvalue weighted by Gasteiger charge is -2.18. The van der Waals surface area contributed by atoms with Gasteiger partial charge in [-0.1, -0.05) is 65.9 Å². The van der Waals surface area contributed by atoms with Crippen molar-refractivity contribution in [1.82, 2.24) is 4.98 Å². The number of thiazole rings is 1. The molecule has 2 heterocycles. The molecule has 5 aromatic rings. The van der Waals surface area contributed by atoms with Crippen molar-refractivity contribution in [3.05, 3.63) is 95.2 Å². The molecule has 0 radical (unpaired) electrons. The number of benzene rings is 3. The summed E-state index contributed by atoms with van der Waals surface area (Å²) in [6, 6.07) is 23.6. The summed E-state index contributed by atoms with van der Waals surface area (Å²) in [5.74, 6) is 0.128. The summed E-state index contributed by atoms with van der Waals surface area (Å²) in [7, 11) is 0. The standard InChI is InChI=1S/C25H20N2O2S/c1-16-12-17(2)23-20(13-16)26-25(30-23)27(15-18-8-4-3-5-9-18)24(28)22-14-19-10-6-7-11-21(19)29-22/h3-14H,15H2,1-2H3. The number of fused-ring (bicyclic) bond motifs is 2. The lowest BCUT2D eigenvalue weighted by atomic mass is 10.1. The van der Waals surface area contributed by atoms with E-state index in [0.29, 0.717) is 23.0 Å². The fraction of sp³-hybridized carbons (Fsp3) is 0.120. The molecule has 0 fully saturated rings. The molecule has 0 aliphatic rings. The molecule has 5 rings (SSSR count). The van der Waals surface area contributed by atoms with Gasteiger partial charge in [-0.3, -0.25) is 9.69 Å². The van der Waals surface area contributed by atoms with Crippen molar-refractivity contribution < 1.29 is 9.21 Å². The van der Waals surface area contributed by atoms with E-state index in [-0.39, 0.29) is 5.91 Å². The van der Waals surface area contributed by atoms with Gasteiger partial charge in [-0.05, 0) is 48.7 Å². The van der Waals surface area contributed by atoms with Crippen molar-refractivity contribution in [2.45, 2.75) is 20.4 Å². The number of nitrogens with zero attached hydrogens (tertiary/aromatic N) is 2. The number of aromatic nitrogens is 1. The van der Waals surface area contributed by atoms with Crippen LogP contribution >= 0.6 is 11.3 Å². The average molecular weight is 413 g/mol. The molecule has 0 bridgehead atoms. The van der Waals surface area contributed by atoms with Crippen LogP contribution in [-0.4, -0.2) is 10.9 Å². The van der Waals surface area contributed by atoms with Gasteiger partial charge in [-0.15, -0.1) is 0 Å². The van der Waals surface area contributed by atoms with E-state index >= 15 is 0 Å². The number of aryl methyl sites for hydroxylation is 2. The van der Waals surface area contributed by atoms with Crippen LogP contribution < -0.4 is 4.90 Å². The normalized spacial score (nSPS) is 11.3. The number of carbonyl (C=O) groups excluding carboxylic acids is 1. The maximum absolute atomic E-state index is 13.5. The zero-order chi connectivity index (χ0) is 20.7. The Morgan fingerprint density at radius 2 is 1.77 bits per heavy atom. The van der Waals surface area contributed by atoms with Gasteiger partial charge in [0.2, 0.25) is 0 Å². The topological polar surface area (TPSA) is 46.3 Å². The number of carbonyl (C=O) groups is 1. The van der Waals surface area contributed by atoms with Crippen molar-refractivity contribution in [1.29, 1.82) is 0 Å². The van der Waals surface area contributed by atoms with Gasteiger partial charge in [0.05, 0.1) is 16.8 Å². The summed E-state index contributed by atoms with van der Waals surface area (Å²) in [4.78, 5) is 20.1. The van der Waals surface area contributed by atoms with Gasteiger partial charge in [-0.2, -0.15) is 0 Å². The van der Waals surface area contributed by atoms with Crippen molar-refractivity contribution in [2.75, 3.05) is 4.90 Å². The molecule has 0 aliphatic heterocycles. The Labute approximate surface area is 178 Å². The summed E-state index contributed by atoms with van der Waals surface area (Å²) >= 11 is 1.54. The Balaban J connectivity index is 1.61. The summed E-state index contributed by atoms with van der Waals surface area (Å²) in [5.41, 5.74) is 4.99. The van der Waals surface area contributed by atoms with Gasteiger partial charge >= 0.3 is 0 Å². The number of furan rings is 1. The third kappa shape index (κ3) is 3.37. The second-order valence-corrected chi connectivity index (χ2v) is 8.43. The second-order valence-electron chi connectivity index (χ2n) is 7.45. The zero-order valence-electron chi connectivity index (χ0n) is 16.8. The van der Waals surface area contributed by atoms with Crippen molar-refractivity contribution in [2.24, 2.45) is 0 Å². The lowest BCUT2D eigenvalue weighted by molar-refractivity contribution is 0.0960. The van der Waals surface area contributed by atoms with Crippen LogP contribution in [0, 0.1) is 13.8 Å². The minimum absolute atomic E-state index is 0.191. The monoisotopic (exact) mass is 412 g/mol. The molecule has 0 aliphatic carbocycles. The van der Waals surface area contributed by atoms with Crippen molar-refractivity contribution >= 4 is 43.6 Å². The Morgan fingerprint density at radius 1 is 1.00 bits per heavy atom. The van der Waals surface area contributed by atoms with E-state index in [0.717, 1.165) is 26.7 Å². The van der Waals surface area contributed by atoms with E-state index in [1.54, 1.807) is 22.3 Å². The molecule has 0 N–H and O–H groups in total. The zero-order valence-corrected chi connectivity index (χ0v) is 17.6. The molecule has 30 heavy (non-hydrogen) atoms. The van der Waals surface area contributed by atoms with Gasteiger partial charge in [0.25, 0.3) is 5.91 Å². The van der Waals surface area contributed by atoms with Gasteiger partial charge < -0.3 is 4.42 Å². The summed E-state index contributed by atoms with van der Waals surface area (Å²) in [6.45, 7) is 4.57. The molecular formula is C25H20N2O2S. The van der Waals surface area contributed by atoms with Crippen LogP contribution in [0.5, 0.6) is 0 Å². The number of anilines is 1. The van der Waals surface area contributed by atoms with Crippen LogP contribution in [-0.2, 0) is 6.54 Å². The highest BCUT2D eigenvalue weighted by Crippen LogP contribution is 2.34. The first-order chi connectivity index (χ1) is 14.6. The highest BCUT2D eigenvalue weighted by atomic mass is 32.1. The first kappa shape index (κ1) is 18.6. The molecule has 0 unspecified atom stereocenters. The molecule has 2 aromatic heterocycles. The van der Waals surface area contributed by atoms with Crippen LogP contribution in [0.25, 0.3) is 21.2 Å². The number of para-hydroxylation sites is 1.